The third-order valence-electron chi connectivity index (χ3n) is 10.6. The van der Waals surface area contributed by atoms with E-state index >= 15 is 0 Å². The third kappa shape index (κ3) is 7.59. The molecule has 3 fully saturated rings. The summed E-state index contributed by atoms with van der Waals surface area (Å²) in [6, 6.07) is 5.46. The summed E-state index contributed by atoms with van der Waals surface area (Å²) in [6.07, 6.45) is 10.4. The van der Waals surface area contributed by atoms with Crippen molar-refractivity contribution < 1.29 is 28.8 Å². The Morgan fingerprint density at radius 3 is 2.54 bits per heavy atom. The van der Waals surface area contributed by atoms with Gasteiger partial charge in [-0.2, -0.15) is 4.73 Å². The predicted molar refractivity (Wildman–Crippen MR) is 176 cm³/mol. The highest BCUT2D eigenvalue weighted by Crippen LogP contribution is 2.36. The minimum atomic E-state index is -0.937. The molecule has 0 spiro atoms. The molecule has 3 saturated heterocycles. The maximum absolute atomic E-state index is 14.1. The number of amides is 3. The number of unbranched alkanes of at least 4 members (excludes halogenated alkanes) is 2. The Morgan fingerprint density at radius 2 is 1.83 bits per heavy atom. The second-order valence-corrected chi connectivity index (χ2v) is 13.7. The van der Waals surface area contributed by atoms with Gasteiger partial charge in [0, 0.05) is 36.9 Å². The van der Waals surface area contributed by atoms with Crippen LogP contribution in [0.3, 0.4) is 0 Å². The molecule has 0 bridgehead atoms. The number of carbonyl (C=O) groups is 4. The Hall–Kier alpha value is -3.40. The summed E-state index contributed by atoms with van der Waals surface area (Å²) in [5.74, 6) is -1.66. The van der Waals surface area contributed by atoms with Gasteiger partial charge >= 0.3 is 0 Å². The van der Waals surface area contributed by atoms with Crippen LogP contribution >= 0.6 is 0 Å². The van der Waals surface area contributed by atoms with Gasteiger partial charge in [-0.15, -0.1) is 0 Å². The van der Waals surface area contributed by atoms with Crippen molar-refractivity contribution in [3.8, 4) is 0 Å². The first-order valence-electron chi connectivity index (χ1n) is 17.4. The first-order valence-corrected chi connectivity index (χ1v) is 17.4. The van der Waals surface area contributed by atoms with Crippen molar-refractivity contribution >= 4 is 34.4 Å². The number of benzene rings is 1. The average Bonchev–Trinajstić information content (AvgIpc) is 3.78. The lowest BCUT2D eigenvalue weighted by Gasteiger charge is -2.39. The number of ether oxygens (including phenoxy) is 1. The van der Waals surface area contributed by atoms with E-state index in [0.29, 0.717) is 25.8 Å². The SMILES string of the molecule is CCC(C)[C@@H]1NC(=O)[C@H](Cc2cn(OC)c3ccccc23)NC(=O)[C@H](CCCCCC2(CC)CO2)CC(=O)[C@H]2CCCCN2C1=O. The number of hydrogen-bond donors (Lipinski definition) is 2. The van der Waals surface area contributed by atoms with Gasteiger partial charge in [0.25, 0.3) is 0 Å². The van der Waals surface area contributed by atoms with Gasteiger partial charge in [0.15, 0.2) is 5.78 Å². The highest BCUT2D eigenvalue weighted by atomic mass is 16.6. The van der Waals surface area contributed by atoms with Crippen LogP contribution in [-0.4, -0.2) is 77.1 Å². The molecule has 6 atom stereocenters. The topological polar surface area (TPSA) is 122 Å². The first-order chi connectivity index (χ1) is 22.2. The number of piperidine rings is 1. The highest BCUT2D eigenvalue weighted by Gasteiger charge is 2.42. The minimum Gasteiger partial charge on any atom is -0.417 e. The molecule has 0 aliphatic carbocycles. The monoisotopic (exact) mass is 636 g/mol. The lowest BCUT2D eigenvalue weighted by atomic mass is 9.87. The van der Waals surface area contributed by atoms with Crippen LogP contribution in [0, 0.1) is 11.8 Å². The number of aromatic nitrogens is 1. The van der Waals surface area contributed by atoms with Crippen molar-refractivity contribution in [2.24, 2.45) is 11.8 Å². The molecule has 4 heterocycles. The molecule has 10 heteroatoms. The Balaban J connectivity index is 1.42. The second-order valence-electron chi connectivity index (χ2n) is 13.7. The summed E-state index contributed by atoms with van der Waals surface area (Å²) in [7, 11) is 1.58. The zero-order valence-corrected chi connectivity index (χ0v) is 28.0. The lowest BCUT2D eigenvalue weighted by Crippen LogP contribution is -2.61. The van der Waals surface area contributed by atoms with E-state index in [1.165, 1.54) is 0 Å². The lowest BCUT2D eigenvalue weighted by molar-refractivity contribution is -0.147. The molecule has 252 valence electrons. The van der Waals surface area contributed by atoms with Crippen LogP contribution in [0.25, 0.3) is 10.9 Å². The van der Waals surface area contributed by atoms with Crippen molar-refractivity contribution in [2.75, 3.05) is 20.3 Å². The van der Waals surface area contributed by atoms with Crippen LogP contribution in [0.4, 0.5) is 0 Å². The molecule has 3 amide bonds. The van der Waals surface area contributed by atoms with Gasteiger partial charge in [0.2, 0.25) is 17.7 Å². The zero-order chi connectivity index (χ0) is 32.8. The number of fused-ring (bicyclic) bond motifs is 2. The summed E-state index contributed by atoms with van der Waals surface area (Å²) >= 11 is 0. The van der Waals surface area contributed by atoms with Crippen LogP contribution in [0.2, 0.25) is 0 Å². The predicted octanol–water partition coefficient (Wildman–Crippen LogP) is 4.36. The standard InChI is InChI=1S/C36H52N4O6/c1-5-24(3)32-35(44)39-19-13-11-17-30(39)31(41)21-25(14-8-7-12-18-36(6-2)23-46-36)33(42)37-28(34(43)38-32)20-26-22-40(45-4)29-16-10-9-15-27(26)29/h9-10,15-16,22,24-25,28,30,32H,5-8,11-14,17-21,23H2,1-4H3,(H,37,42)(H,38,43)/t24?,25-,28+,30-,32+,36?/m1/s1. The molecule has 2 unspecified atom stereocenters. The number of rotatable bonds is 12. The summed E-state index contributed by atoms with van der Waals surface area (Å²) < 4.78 is 7.31. The number of hydrogen-bond acceptors (Lipinski definition) is 6. The van der Waals surface area contributed by atoms with Crippen molar-refractivity contribution in [3.63, 3.8) is 0 Å². The van der Waals surface area contributed by atoms with E-state index in [2.05, 4.69) is 17.6 Å². The number of nitrogens with one attached hydrogen (secondary N) is 2. The molecule has 5 rings (SSSR count). The number of epoxide rings is 1. The molecule has 2 N–H and O–H groups in total. The Kier molecular flexibility index (Phi) is 11.1. The quantitative estimate of drug-likeness (QED) is 0.264. The van der Waals surface area contributed by atoms with Gasteiger partial charge in [0.1, 0.15) is 19.2 Å². The molecule has 0 radical (unpaired) electrons. The number of para-hydroxylation sites is 1. The fourth-order valence-electron chi connectivity index (χ4n) is 7.24. The van der Waals surface area contributed by atoms with Gasteiger partial charge in [-0.25, -0.2) is 0 Å². The largest absolute Gasteiger partial charge is 0.417 e. The van der Waals surface area contributed by atoms with E-state index in [0.717, 1.165) is 68.0 Å². The molecule has 3 aliphatic rings. The van der Waals surface area contributed by atoms with E-state index in [1.54, 1.807) is 16.7 Å². The smallest absolute Gasteiger partial charge is 0.246 e. The molecule has 0 saturated carbocycles. The van der Waals surface area contributed by atoms with Crippen LogP contribution in [-0.2, 0) is 30.3 Å². The molecule has 46 heavy (non-hydrogen) atoms. The Bertz CT molecular complexity index is 1400. The van der Waals surface area contributed by atoms with E-state index in [1.807, 2.05) is 44.3 Å². The van der Waals surface area contributed by atoms with Crippen molar-refractivity contribution in [2.45, 2.75) is 122 Å². The van der Waals surface area contributed by atoms with E-state index in [4.69, 9.17) is 9.57 Å². The van der Waals surface area contributed by atoms with Gasteiger partial charge in [-0.1, -0.05) is 64.7 Å². The maximum atomic E-state index is 14.1. The Morgan fingerprint density at radius 1 is 1.04 bits per heavy atom. The summed E-state index contributed by atoms with van der Waals surface area (Å²) in [5.41, 5.74) is 1.73. The molecule has 1 aromatic heterocycles. The maximum Gasteiger partial charge on any atom is 0.246 e. The normalized spacial score (nSPS) is 28.1. The van der Waals surface area contributed by atoms with E-state index < -0.39 is 30.0 Å². The van der Waals surface area contributed by atoms with Gasteiger partial charge < -0.3 is 25.1 Å². The second kappa shape index (κ2) is 15.0. The van der Waals surface area contributed by atoms with Gasteiger partial charge in [-0.3, -0.25) is 19.2 Å². The van der Waals surface area contributed by atoms with Gasteiger partial charge in [0.05, 0.1) is 23.8 Å². The van der Waals surface area contributed by atoms with E-state index in [9.17, 15) is 19.2 Å². The molecular formula is C36H52N4O6. The number of nitrogens with zero attached hydrogens (tertiary/aromatic N) is 2. The van der Waals surface area contributed by atoms with Crippen LogP contribution < -0.4 is 15.5 Å². The molecule has 1 aromatic carbocycles. The number of Topliss-reactive ketones (excluding diaryl/α,β-unsaturated/α-hetero) is 1. The zero-order valence-electron chi connectivity index (χ0n) is 28.0. The van der Waals surface area contributed by atoms with Crippen LogP contribution in [0.5, 0.6) is 0 Å². The Labute approximate surface area is 272 Å². The van der Waals surface area contributed by atoms with Crippen LogP contribution in [0.1, 0.15) is 97.0 Å². The average molecular weight is 637 g/mol. The summed E-state index contributed by atoms with van der Waals surface area (Å²) in [6.45, 7) is 7.39. The molecule has 3 aliphatic heterocycles. The first kappa shape index (κ1) is 33.9. The summed E-state index contributed by atoms with van der Waals surface area (Å²) in [4.78, 5) is 63.4. The number of ketones is 1. The van der Waals surface area contributed by atoms with Crippen molar-refractivity contribution in [3.05, 3.63) is 36.0 Å². The highest BCUT2D eigenvalue weighted by molar-refractivity contribution is 5.98. The van der Waals surface area contributed by atoms with Crippen molar-refractivity contribution in [1.29, 1.82) is 0 Å². The van der Waals surface area contributed by atoms with E-state index in [-0.39, 0.29) is 42.0 Å². The molecular weight excluding hydrogens is 584 g/mol. The summed E-state index contributed by atoms with van der Waals surface area (Å²) in [5, 5.41) is 7.00. The molecule has 2 aromatic rings. The van der Waals surface area contributed by atoms with Gasteiger partial charge in [-0.05, 0) is 56.1 Å². The minimum absolute atomic E-state index is 0.0388. The fourth-order valence-corrected chi connectivity index (χ4v) is 7.24. The molecule has 10 nitrogen and oxygen atoms in total. The van der Waals surface area contributed by atoms with Crippen molar-refractivity contribution in [1.82, 2.24) is 20.3 Å². The fraction of sp³-hybridized carbons (Fsp3) is 0.667. The number of carbonyl (C=O) groups excluding carboxylic acids is 4. The van der Waals surface area contributed by atoms with Crippen LogP contribution in [0.15, 0.2) is 30.5 Å². The third-order valence-corrected chi connectivity index (χ3v) is 10.6.